The molecule has 13 rings (SSSR count). The van der Waals surface area contributed by atoms with Gasteiger partial charge in [0.25, 0.3) is 0 Å². The Morgan fingerprint density at radius 2 is 1.03 bits per heavy atom. The molecule has 0 N–H and O–H groups in total. The van der Waals surface area contributed by atoms with E-state index in [1.807, 2.05) is 11.8 Å². The smallest absolute Gasteiger partial charge is 0.0726 e. The first kappa shape index (κ1) is 34.8. The minimum atomic E-state index is -0.430. The van der Waals surface area contributed by atoms with Gasteiger partial charge in [-0.3, -0.25) is 0 Å². The lowest BCUT2D eigenvalue weighted by atomic mass is 9.70. The summed E-state index contributed by atoms with van der Waals surface area (Å²) < 4.78 is 0. The van der Waals surface area contributed by atoms with Crippen LogP contribution in [0.15, 0.2) is 204 Å². The fourth-order valence-electron chi connectivity index (χ4n) is 11.0. The Hall–Kier alpha value is -7.07. The van der Waals surface area contributed by atoms with Crippen molar-refractivity contribution in [3.05, 3.63) is 233 Å². The van der Waals surface area contributed by atoms with E-state index in [4.69, 9.17) is 0 Å². The maximum atomic E-state index is 2.55. The molecule has 288 valence electrons. The molecular formula is C58H40N2S. The number of aryl methyl sites for hydroxylation is 1. The highest BCUT2D eigenvalue weighted by atomic mass is 32.2. The molecule has 2 heterocycles. The summed E-state index contributed by atoms with van der Waals surface area (Å²) in [5.74, 6) is 0. The third-order valence-corrected chi connectivity index (χ3v) is 14.7. The van der Waals surface area contributed by atoms with E-state index >= 15 is 0 Å². The van der Waals surface area contributed by atoms with Crippen LogP contribution < -0.4 is 9.80 Å². The molecule has 0 fully saturated rings. The predicted molar refractivity (Wildman–Crippen MR) is 256 cm³/mol. The molecule has 61 heavy (non-hydrogen) atoms. The first-order valence-corrected chi connectivity index (χ1v) is 22.3. The van der Waals surface area contributed by atoms with Gasteiger partial charge in [0.2, 0.25) is 0 Å². The molecule has 0 atom stereocenters. The van der Waals surface area contributed by atoms with Crippen molar-refractivity contribution >= 4 is 63.1 Å². The predicted octanol–water partition coefficient (Wildman–Crippen LogP) is 15.4. The zero-order chi connectivity index (χ0) is 40.1. The number of fused-ring (bicyclic) bond motifs is 14. The van der Waals surface area contributed by atoms with Crippen LogP contribution >= 0.6 is 11.8 Å². The van der Waals surface area contributed by atoms with Gasteiger partial charge in [-0.05, 0) is 134 Å². The van der Waals surface area contributed by atoms with E-state index in [-0.39, 0.29) is 0 Å². The third kappa shape index (κ3) is 5.05. The lowest BCUT2D eigenvalue weighted by molar-refractivity contribution is 0.762. The highest BCUT2D eigenvalue weighted by molar-refractivity contribution is 7.99. The van der Waals surface area contributed by atoms with Gasteiger partial charge in [0, 0.05) is 33.1 Å². The quantitative estimate of drug-likeness (QED) is 0.164. The van der Waals surface area contributed by atoms with Crippen LogP contribution in [-0.2, 0) is 11.8 Å². The summed E-state index contributed by atoms with van der Waals surface area (Å²) in [5.41, 5.74) is 20.4. The van der Waals surface area contributed by atoms with E-state index < -0.39 is 5.41 Å². The zero-order valence-electron chi connectivity index (χ0n) is 33.6. The van der Waals surface area contributed by atoms with Gasteiger partial charge in [-0.2, -0.15) is 0 Å². The van der Waals surface area contributed by atoms with Gasteiger partial charge in [-0.15, -0.1) is 0 Å². The van der Waals surface area contributed by atoms with Crippen molar-refractivity contribution in [1.29, 1.82) is 0 Å². The van der Waals surface area contributed by atoms with Gasteiger partial charge in [-0.25, -0.2) is 0 Å². The molecule has 2 aliphatic heterocycles. The summed E-state index contributed by atoms with van der Waals surface area (Å²) in [5, 5.41) is 2.47. The van der Waals surface area contributed by atoms with Gasteiger partial charge < -0.3 is 9.80 Å². The molecule has 0 saturated heterocycles. The third-order valence-electron chi connectivity index (χ3n) is 13.6. The van der Waals surface area contributed by atoms with E-state index in [1.165, 1.54) is 110 Å². The van der Waals surface area contributed by atoms with Crippen LogP contribution in [0.25, 0.3) is 45.2 Å². The van der Waals surface area contributed by atoms with Gasteiger partial charge in [-0.1, -0.05) is 163 Å². The van der Waals surface area contributed by atoms with Crippen molar-refractivity contribution in [3.63, 3.8) is 0 Å². The average Bonchev–Trinajstić information content (AvgIpc) is 3.79. The fourth-order valence-corrected chi connectivity index (χ4v) is 12.1. The molecule has 0 amide bonds. The Labute approximate surface area is 361 Å². The number of benzene rings is 9. The Balaban J connectivity index is 0.954. The van der Waals surface area contributed by atoms with Crippen LogP contribution in [0.3, 0.4) is 0 Å². The Morgan fingerprint density at radius 1 is 0.443 bits per heavy atom. The van der Waals surface area contributed by atoms with Crippen LogP contribution in [0.4, 0.5) is 28.4 Å². The molecule has 0 aromatic heterocycles. The fraction of sp³-hybridized carbons (Fsp3) is 0.0690. The molecule has 3 heteroatoms. The van der Waals surface area contributed by atoms with Gasteiger partial charge >= 0.3 is 0 Å². The summed E-state index contributed by atoms with van der Waals surface area (Å²) in [6, 6.07) is 72.7. The summed E-state index contributed by atoms with van der Waals surface area (Å²) in [6.45, 7) is 1.02. The van der Waals surface area contributed by atoms with E-state index in [0.717, 1.165) is 19.4 Å². The monoisotopic (exact) mass is 796 g/mol. The molecule has 9 aromatic carbocycles. The van der Waals surface area contributed by atoms with Crippen molar-refractivity contribution in [2.75, 3.05) is 16.3 Å². The molecule has 1 spiro atoms. The first-order valence-electron chi connectivity index (χ1n) is 21.5. The topological polar surface area (TPSA) is 6.48 Å². The highest BCUT2D eigenvalue weighted by Crippen LogP contribution is 2.63. The molecule has 9 aromatic rings. The summed E-state index contributed by atoms with van der Waals surface area (Å²) in [7, 11) is 0. The van der Waals surface area contributed by atoms with Crippen LogP contribution in [0, 0.1) is 0 Å². The van der Waals surface area contributed by atoms with Gasteiger partial charge in [0.1, 0.15) is 0 Å². The van der Waals surface area contributed by atoms with Crippen molar-refractivity contribution in [3.8, 4) is 22.3 Å². The molecule has 2 nitrogen and oxygen atoms in total. The van der Waals surface area contributed by atoms with Crippen LogP contribution in [-0.4, -0.2) is 6.54 Å². The highest BCUT2D eigenvalue weighted by Gasteiger charge is 2.51. The van der Waals surface area contributed by atoms with Crippen molar-refractivity contribution in [1.82, 2.24) is 0 Å². The zero-order valence-corrected chi connectivity index (χ0v) is 34.4. The molecule has 0 bridgehead atoms. The SMILES string of the molecule is C(=C\c1ccc(N2c3ccccc3Sc3ccccc32)c2ccccc12)/c1ccc2c(c1)C1(c3ccccc3-c3ccccc31)c1cc(N3CCCc4ccccc43)ccc1-2. The van der Waals surface area contributed by atoms with E-state index in [9.17, 15) is 0 Å². The molecule has 0 unspecified atom stereocenters. The van der Waals surface area contributed by atoms with Crippen LogP contribution in [0.5, 0.6) is 0 Å². The van der Waals surface area contributed by atoms with E-state index in [0.29, 0.717) is 0 Å². The number of para-hydroxylation sites is 3. The van der Waals surface area contributed by atoms with Gasteiger partial charge in [0.15, 0.2) is 0 Å². The maximum Gasteiger partial charge on any atom is 0.0726 e. The maximum absolute atomic E-state index is 2.55. The average molecular weight is 797 g/mol. The number of anilines is 5. The van der Waals surface area contributed by atoms with Crippen LogP contribution in [0.2, 0.25) is 0 Å². The van der Waals surface area contributed by atoms with Crippen molar-refractivity contribution in [2.24, 2.45) is 0 Å². The minimum absolute atomic E-state index is 0.430. The standard InChI is InChI=1S/C58H40N2S/c1-8-22-52-40(14-1)15-13-35-59(52)41-31-33-46-45-32-28-38(36-50(45)58(51(46)37-41)48-20-6-4-17-43(48)44-18-5-7-21-49(44)58)27-29-39-30-34-53(47-19-3-2-16-42(39)47)60-54-23-9-11-25-56(54)61-57-26-12-10-24-55(57)60/h1-12,14,16-34,36-37H,13,15,35H2/b29-27+. The Kier molecular flexibility index (Phi) is 7.68. The lowest BCUT2D eigenvalue weighted by Crippen LogP contribution is -2.27. The van der Waals surface area contributed by atoms with Crippen LogP contribution in [0.1, 0.15) is 45.4 Å². The Bertz CT molecular complexity index is 3210. The molecule has 4 aliphatic rings. The molecule has 0 saturated carbocycles. The summed E-state index contributed by atoms with van der Waals surface area (Å²) in [6.07, 6.45) is 6.92. The number of hydrogen-bond donors (Lipinski definition) is 0. The lowest BCUT2D eigenvalue weighted by Gasteiger charge is -2.34. The number of nitrogens with zero attached hydrogens (tertiary/aromatic N) is 2. The second-order valence-electron chi connectivity index (χ2n) is 16.7. The van der Waals surface area contributed by atoms with Crippen molar-refractivity contribution in [2.45, 2.75) is 28.0 Å². The molecule has 0 radical (unpaired) electrons. The first-order chi connectivity index (χ1) is 30.3. The number of rotatable bonds is 4. The Morgan fingerprint density at radius 3 is 1.79 bits per heavy atom. The molecule has 2 aliphatic carbocycles. The normalized spacial score (nSPS) is 15.0. The number of hydrogen-bond acceptors (Lipinski definition) is 3. The minimum Gasteiger partial charge on any atom is -0.341 e. The van der Waals surface area contributed by atoms with Crippen molar-refractivity contribution < 1.29 is 0 Å². The van der Waals surface area contributed by atoms with Gasteiger partial charge in [0.05, 0.1) is 22.5 Å². The second-order valence-corrected chi connectivity index (χ2v) is 17.8. The second kappa shape index (κ2) is 13.5. The molecular weight excluding hydrogens is 757 g/mol. The summed E-state index contributed by atoms with van der Waals surface area (Å²) in [4.78, 5) is 7.54. The largest absolute Gasteiger partial charge is 0.341 e. The van der Waals surface area contributed by atoms with E-state index in [1.54, 1.807) is 0 Å². The van der Waals surface area contributed by atoms with E-state index in [2.05, 4.69) is 216 Å². The summed E-state index contributed by atoms with van der Waals surface area (Å²) >= 11 is 1.85.